The van der Waals surface area contributed by atoms with Crippen LogP contribution in [0.1, 0.15) is 25.0 Å². The molecule has 2 rings (SSSR count). The van der Waals surface area contributed by atoms with Crippen LogP contribution >= 0.6 is 23.0 Å². The van der Waals surface area contributed by atoms with Crippen molar-refractivity contribution < 1.29 is 22.8 Å². The summed E-state index contributed by atoms with van der Waals surface area (Å²) in [6.07, 6.45) is 1.52. The quantitative estimate of drug-likeness (QED) is 0.401. The molecule has 0 saturated carbocycles. The van der Waals surface area contributed by atoms with Crippen LogP contribution in [0.4, 0.5) is 0 Å². The van der Waals surface area contributed by atoms with Gasteiger partial charge in [0.05, 0.1) is 6.42 Å². The van der Waals surface area contributed by atoms with Crippen molar-refractivity contribution in [3.05, 3.63) is 54.1 Å². The summed E-state index contributed by atoms with van der Waals surface area (Å²) in [5.74, 6) is -0.341. The van der Waals surface area contributed by atoms with Gasteiger partial charge in [0.1, 0.15) is 5.75 Å². The van der Waals surface area contributed by atoms with Crippen molar-refractivity contribution >= 4 is 35.1 Å². The number of ether oxygens (including phenoxy) is 1. The average molecular weight is 442 g/mol. The summed E-state index contributed by atoms with van der Waals surface area (Å²) in [7, 11) is 0. The smallest absolute Gasteiger partial charge is 0.315 e. The molecule has 0 unspecified atom stereocenters. The van der Waals surface area contributed by atoms with E-state index in [0.29, 0.717) is 11.1 Å². The largest absolute Gasteiger partial charge is 0.508 e. The zero-order chi connectivity index (χ0) is 18.1. The molecular formula is C18H19IO5. The monoisotopic (exact) mass is 442 g/mol. The van der Waals surface area contributed by atoms with Gasteiger partial charge in [0.15, 0.2) is 34.5 Å². The van der Waals surface area contributed by atoms with E-state index in [9.17, 15) is 15.0 Å². The molecule has 0 aliphatic heterocycles. The fraction of sp³-hybridized carbons (Fsp3) is 0.167. The number of halogens is 1. The number of rotatable bonds is 5. The van der Waals surface area contributed by atoms with Gasteiger partial charge in [0.2, 0.25) is 5.75 Å². The van der Waals surface area contributed by atoms with Crippen molar-refractivity contribution in [2.75, 3.05) is 0 Å². The molecule has 0 heterocycles. The van der Waals surface area contributed by atoms with Crippen LogP contribution in [0.2, 0.25) is 0 Å². The van der Waals surface area contributed by atoms with Gasteiger partial charge in [0, 0.05) is 5.56 Å². The number of phenols is 2. The van der Waals surface area contributed by atoms with Gasteiger partial charge in [-0.1, -0.05) is 38.6 Å². The Morgan fingerprint density at radius 1 is 1.12 bits per heavy atom. The first-order valence-corrected chi connectivity index (χ1v) is 8.18. The number of carbonyl (C=O) groups excluding carboxylic acids is 1. The topological polar surface area (TPSA) is 76.0 Å². The minimum absolute atomic E-state index is 0.0210. The van der Waals surface area contributed by atoms with Gasteiger partial charge in [0.25, 0.3) is 0 Å². The van der Waals surface area contributed by atoms with Gasteiger partial charge in [-0.15, -0.1) is 0 Å². The van der Waals surface area contributed by atoms with Gasteiger partial charge in [-0.2, -0.15) is 0 Å². The van der Waals surface area contributed by atoms with Crippen molar-refractivity contribution in [3.8, 4) is 23.0 Å². The molecule has 24 heavy (non-hydrogen) atoms. The van der Waals surface area contributed by atoms with Gasteiger partial charge in [-0.3, -0.25) is 4.79 Å². The van der Waals surface area contributed by atoms with Crippen LogP contribution in [0.3, 0.4) is 0 Å². The summed E-state index contributed by atoms with van der Waals surface area (Å²) < 4.78 is 10.4. The number of aromatic hydroxyl groups is 2. The molecule has 0 amide bonds. The molecule has 2 aromatic rings. The maximum atomic E-state index is 12.1. The molecule has 2 aromatic carbocycles. The predicted octanol–water partition coefficient (Wildman–Crippen LogP) is 4.64. The number of hydrogen-bond donors (Lipinski definition) is 2. The molecule has 0 aromatic heterocycles. The Bertz CT molecular complexity index is 695. The number of carbonyl (C=O) groups is 1. The van der Waals surface area contributed by atoms with Crippen molar-refractivity contribution in [2.45, 2.75) is 20.3 Å². The zero-order valence-electron chi connectivity index (χ0n) is 13.5. The van der Waals surface area contributed by atoms with Crippen molar-refractivity contribution in [1.29, 1.82) is 0 Å². The molecule has 0 atom stereocenters. The van der Waals surface area contributed by atoms with E-state index >= 15 is 0 Å². The summed E-state index contributed by atoms with van der Waals surface area (Å²) in [6.45, 7) is 7.64. The average Bonchev–Trinajstić information content (AvgIpc) is 2.59. The third kappa shape index (κ3) is 5.16. The van der Waals surface area contributed by atoms with E-state index in [0.717, 1.165) is 0 Å². The fourth-order valence-electron chi connectivity index (χ4n) is 1.84. The second kappa shape index (κ2) is 9.82. The number of esters is 1. The summed E-state index contributed by atoms with van der Waals surface area (Å²) in [4.78, 5) is 12.1. The highest BCUT2D eigenvalue weighted by atomic mass is 127. The lowest BCUT2D eigenvalue weighted by Crippen LogP contribution is -2.12. The normalized spacial score (nSPS) is 9.46. The van der Waals surface area contributed by atoms with Crippen LogP contribution in [0.25, 0.3) is 6.08 Å². The lowest BCUT2D eigenvalue weighted by molar-refractivity contribution is -0.133. The van der Waals surface area contributed by atoms with E-state index in [-0.39, 0.29) is 29.4 Å². The maximum Gasteiger partial charge on any atom is 0.315 e. The van der Waals surface area contributed by atoms with E-state index in [1.54, 1.807) is 41.2 Å². The van der Waals surface area contributed by atoms with Crippen LogP contribution in [0.5, 0.6) is 23.0 Å². The molecule has 2 N–H and O–H groups in total. The molecule has 0 radical (unpaired) electrons. The minimum Gasteiger partial charge on any atom is -0.508 e. The van der Waals surface area contributed by atoms with Crippen LogP contribution < -0.4 is 7.80 Å². The highest BCUT2D eigenvalue weighted by Gasteiger charge is 2.18. The Labute approximate surface area is 155 Å². The standard InChI is InChI=1S/C16H13IO5.C2H6/c1-2-11-5-8-13(19)16(22-17)15(11)21-14(20)9-10-3-6-12(18)7-4-10;1-2/h2-8,18-19H,1,9H2;1-2H3. The predicted molar refractivity (Wildman–Crippen MR) is 102 cm³/mol. The van der Waals surface area contributed by atoms with Crippen LogP contribution in [0.15, 0.2) is 43.0 Å². The molecule has 0 fully saturated rings. The summed E-state index contributed by atoms with van der Waals surface area (Å²) in [5.41, 5.74) is 1.23. The van der Waals surface area contributed by atoms with Crippen LogP contribution in [-0.4, -0.2) is 16.2 Å². The van der Waals surface area contributed by atoms with Crippen molar-refractivity contribution in [1.82, 2.24) is 0 Å². The van der Waals surface area contributed by atoms with Gasteiger partial charge in [-0.05, 0) is 29.8 Å². The fourth-order valence-corrected chi connectivity index (χ4v) is 2.26. The molecule has 0 aliphatic rings. The second-order valence-electron chi connectivity index (χ2n) is 4.43. The summed E-state index contributed by atoms with van der Waals surface area (Å²) >= 11 is 1.60. The lowest BCUT2D eigenvalue weighted by Gasteiger charge is -2.12. The molecule has 0 aliphatic carbocycles. The Kier molecular flexibility index (Phi) is 8.11. The van der Waals surface area contributed by atoms with Gasteiger partial charge >= 0.3 is 5.97 Å². The first-order chi connectivity index (χ1) is 11.5. The van der Waals surface area contributed by atoms with Gasteiger partial charge < -0.3 is 18.0 Å². The molecule has 5 nitrogen and oxygen atoms in total. The Balaban J connectivity index is 0.00000139. The van der Waals surface area contributed by atoms with Crippen LogP contribution in [-0.2, 0) is 11.2 Å². The van der Waals surface area contributed by atoms with E-state index in [1.165, 1.54) is 24.3 Å². The molecule has 0 spiro atoms. The highest BCUT2D eigenvalue weighted by molar-refractivity contribution is 14.1. The Morgan fingerprint density at radius 2 is 1.75 bits per heavy atom. The number of hydrogen-bond acceptors (Lipinski definition) is 5. The zero-order valence-corrected chi connectivity index (χ0v) is 15.6. The molecular weight excluding hydrogens is 423 g/mol. The Morgan fingerprint density at radius 3 is 2.29 bits per heavy atom. The molecule has 0 bridgehead atoms. The third-order valence-corrected chi connectivity index (χ3v) is 3.36. The number of benzene rings is 2. The summed E-state index contributed by atoms with van der Waals surface area (Å²) in [5, 5.41) is 19.0. The number of phenolic OH excluding ortho intramolecular Hbond substituents is 2. The molecule has 128 valence electrons. The van der Waals surface area contributed by atoms with Crippen molar-refractivity contribution in [2.24, 2.45) is 0 Å². The second-order valence-corrected chi connectivity index (χ2v) is 4.87. The van der Waals surface area contributed by atoms with Gasteiger partial charge in [-0.25, -0.2) is 0 Å². The minimum atomic E-state index is -0.519. The van der Waals surface area contributed by atoms with Crippen molar-refractivity contribution in [3.63, 3.8) is 0 Å². The van der Waals surface area contributed by atoms with E-state index in [4.69, 9.17) is 7.80 Å². The Hall–Kier alpha value is -2.22. The first kappa shape index (κ1) is 19.8. The highest BCUT2D eigenvalue weighted by Crippen LogP contribution is 2.41. The van der Waals surface area contributed by atoms with E-state index in [1.807, 2.05) is 13.8 Å². The first-order valence-electron chi connectivity index (χ1n) is 7.30. The molecule has 6 heteroatoms. The van der Waals surface area contributed by atoms with E-state index in [2.05, 4.69) is 6.58 Å². The maximum absolute atomic E-state index is 12.1. The summed E-state index contributed by atoms with van der Waals surface area (Å²) in [6, 6.07) is 9.25. The van der Waals surface area contributed by atoms with Crippen LogP contribution in [0, 0.1) is 0 Å². The van der Waals surface area contributed by atoms with E-state index < -0.39 is 5.97 Å². The SMILES string of the molecule is C=Cc1ccc(O)c(OI)c1OC(=O)Cc1ccc(O)cc1.CC. The molecule has 0 saturated heterocycles. The third-order valence-electron chi connectivity index (χ3n) is 2.92. The lowest BCUT2D eigenvalue weighted by atomic mass is 10.1.